The van der Waals surface area contributed by atoms with Crippen molar-refractivity contribution < 1.29 is 18.7 Å². The minimum Gasteiger partial charge on any atom is -0.494 e. The molecule has 5 nitrogen and oxygen atoms in total. The molecule has 3 aromatic rings. The van der Waals surface area contributed by atoms with Crippen molar-refractivity contribution in [3.8, 4) is 5.75 Å². The summed E-state index contributed by atoms with van der Waals surface area (Å²) < 4.78 is 11.5. The Morgan fingerprint density at radius 2 is 1.82 bits per heavy atom. The van der Waals surface area contributed by atoms with E-state index >= 15 is 0 Å². The highest BCUT2D eigenvalue weighted by Crippen LogP contribution is 2.29. The van der Waals surface area contributed by atoms with Crippen molar-refractivity contribution in [3.63, 3.8) is 0 Å². The smallest absolute Gasteiger partial charge is 0.220 e. The van der Waals surface area contributed by atoms with Crippen molar-refractivity contribution in [2.75, 3.05) is 6.61 Å². The lowest BCUT2D eigenvalue weighted by atomic mass is 10.1. The van der Waals surface area contributed by atoms with Crippen LogP contribution in [-0.2, 0) is 4.79 Å². The number of ketones is 1. The first-order valence-electron chi connectivity index (χ1n) is 9.47. The van der Waals surface area contributed by atoms with Gasteiger partial charge in [-0.2, -0.15) is 0 Å². The lowest BCUT2D eigenvalue weighted by molar-refractivity contribution is -0.122. The standard InChI is InChI=1S/C23H25NO4/c1-15-20-7-4-5-8-21(20)28-23(15)16(2)24-22(26)9-6-14-27-19-12-10-18(11-13-19)17(3)25/h4-5,7-8,10-13,16H,6,9,14H2,1-3H3,(H,24,26). The van der Waals surface area contributed by atoms with Crippen LogP contribution in [0, 0.1) is 6.92 Å². The van der Waals surface area contributed by atoms with Gasteiger partial charge in [-0.15, -0.1) is 0 Å². The lowest BCUT2D eigenvalue weighted by Gasteiger charge is -2.13. The first-order chi connectivity index (χ1) is 13.5. The molecule has 0 aliphatic heterocycles. The van der Waals surface area contributed by atoms with Gasteiger partial charge in [0.05, 0.1) is 12.6 Å². The van der Waals surface area contributed by atoms with E-state index in [9.17, 15) is 9.59 Å². The van der Waals surface area contributed by atoms with Crippen molar-refractivity contribution in [1.82, 2.24) is 5.32 Å². The van der Waals surface area contributed by atoms with E-state index < -0.39 is 0 Å². The average Bonchev–Trinajstić information content (AvgIpc) is 3.03. The Labute approximate surface area is 164 Å². The number of nitrogens with one attached hydrogen (secondary N) is 1. The quantitative estimate of drug-likeness (QED) is 0.443. The SMILES string of the molecule is CC(=O)c1ccc(OCCCC(=O)NC(C)c2oc3ccccc3c2C)cc1. The van der Waals surface area contributed by atoms with Gasteiger partial charge in [0, 0.05) is 22.9 Å². The predicted molar refractivity (Wildman–Crippen MR) is 109 cm³/mol. The summed E-state index contributed by atoms with van der Waals surface area (Å²) in [6.45, 7) is 5.90. The molecular formula is C23H25NO4. The van der Waals surface area contributed by atoms with E-state index in [1.165, 1.54) is 6.92 Å². The number of furan rings is 1. The summed E-state index contributed by atoms with van der Waals surface area (Å²) in [5.74, 6) is 1.47. The number of ether oxygens (including phenoxy) is 1. The second-order valence-electron chi connectivity index (χ2n) is 6.91. The molecule has 0 saturated carbocycles. The second-order valence-corrected chi connectivity index (χ2v) is 6.91. The topological polar surface area (TPSA) is 68.5 Å². The van der Waals surface area contributed by atoms with Crippen LogP contribution >= 0.6 is 0 Å². The maximum atomic E-state index is 12.2. The Balaban J connectivity index is 1.46. The Kier molecular flexibility index (Phi) is 6.14. The highest BCUT2D eigenvalue weighted by atomic mass is 16.5. The Morgan fingerprint density at radius 1 is 1.11 bits per heavy atom. The van der Waals surface area contributed by atoms with Crippen LogP contribution in [0.2, 0.25) is 0 Å². The zero-order valence-corrected chi connectivity index (χ0v) is 16.5. The van der Waals surface area contributed by atoms with Gasteiger partial charge in [0.15, 0.2) is 5.78 Å². The molecule has 0 radical (unpaired) electrons. The Hall–Kier alpha value is -3.08. The summed E-state index contributed by atoms with van der Waals surface area (Å²) >= 11 is 0. The summed E-state index contributed by atoms with van der Waals surface area (Å²) in [6.07, 6.45) is 0.973. The molecule has 28 heavy (non-hydrogen) atoms. The molecule has 2 aromatic carbocycles. The van der Waals surface area contributed by atoms with Crippen LogP contribution in [0.3, 0.4) is 0 Å². The van der Waals surface area contributed by atoms with Gasteiger partial charge in [-0.3, -0.25) is 9.59 Å². The lowest BCUT2D eigenvalue weighted by Crippen LogP contribution is -2.26. The molecule has 0 bridgehead atoms. The van der Waals surface area contributed by atoms with Crippen molar-refractivity contribution in [2.24, 2.45) is 0 Å². The molecule has 146 valence electrons. The summed E-state index contributed by atoms with van der Waals surface area (Å²) in [5, 5.41) is 4.06. The van der Waals surface area contributed by atoms with Gasteiger partial charge in [0.1, 0.15) is 17.1 Å². The minimum atomic E-state index is -0.194. The molecule has 1 heterocycles. The number of Topliss-reactive ketones (excluding diaryl/α,β-unsaturated/α-hetero) is 1. The predicted octanol–water partition coefficient (Wildman–Crippen LogP) is 4.98. The zero-order chi connectivity index (χ0) is 20.1. The first-order valence-corrected chi connectivity index (χ1v) is 9.47. The maximum absolute atomic E-state index is 12.2. The number of carbonyl (C=O) groups is 2. The van der Waals surface area contributed by atoms with Gasteiger partial charge in [-0.05, 0) is 57.5 Å². The molecule has 1 unspecified atom stereocenters. The van der Waals surface area contributed by atoms with Crippen molar-refractivity contribution >= 4 is 22.7 Å². The number of hydrogen-bond acceptors (Lipinski definition) is 4. The molecule has 0 aliphatic carbocycles. The summed E-state index contributed by atoms with van der Waals surface area (Å²) in [7, 11) is 0. The molecule has 1 amide bonds. The minimum absolute atomic E-state index is 0.0250. The number of benzene rings is 2. The number of aryl methyl sites for hydroxylation is 1. The average molecular weight is 379 g/mol. The number of fused-ring (bicyclic) bond motifs is 1. The van der Waals surface area contributed by atoms with Crippen molar-refractivity contribution in [3.05, 3.63) is 65.4 Å². The van der Waals surface area contributed by atoms with Crippen molar-refractivity contribution in [2.45, 2.75) is 39.7 Å². The molecule has 1 N–H and O–H groups in total. The van der Waals surface area contributed by atoms with Crippen LogP contribution in [0.5, 0.6) is 5.75 Å². The van der Waals surface area contributed by atoms with E-state index in [0.717, 1.165) is 22.3 Å². The molecule has 5 heteroatoms. The van der Waals surface area contributed by atoms with Gasteiger partial charge >= 0.3 is 0 Å². The third-order valence-electron chi connectivity index (χ3n) is 4.73. The normalized spacial score (nSPS) is 12.0. The van der Waals surface area contributed by atoms with E-state index in [0.29, 0.717) is 30.8 Å². The van der Waals surface area contributed by atoms with Gasteiger partial charge in [0.2, 0.25) is 5.91 Å². The van der Waals surface area contributed by atoms with E-state index in [-0.39, 0.29) is 17.7 Å². The number of para-hydroxylation sites is 1. The van der Waals surface area contributed by atoms with E-state index in [1.807, 2.05) is 38.1 Å². The Morgan fingerprint density at radius 3 is 2.50 bits per heavy atom. The second kappa shape index (κ2) is 8.74. The molecule has 0 fully saturated rings. The molecule has 0 aliphatic rings. The third-order valence-corrected chi connectivity index (χ3v) is 4.73. The van der Waals surface area contributed by atoms with E-state index in [2.05, 4.69) is 5.32 Å². The molecular weight excluding hydrogens is 354 g/mol. The fraction of sp³-hybridized carbons (Fsp3) is 0.304. The molecule has 3 rings (SSSR count). The first kappa shape index (κ1) is 19.7. The van der Waals surface area contributed by atoms with E-state index in [4.69, 9.17) is 9.15 Å². The number of carbonyl (C=O) groups excluding carboxylic acids is 2. The van der Waals surface area contributed by atoms with Gasteiger partial charge < -0.3 is 14.5 Å². The molecule has 0 spiro atoms. The molecule has 1 atom stereocenters. The zero-order valence-electron chi connectivity index (χ0n) is 16.5. The van der Waals surface area contributed by atoms with Gasteiger partial charge in [-0.1, -0.05) is 18.2 Å². The molecule has 1 aromatic heterocycles. The highest BCUT2D eigenvalue weighted by Gasteiger charge is 2.18. The summed E-state index contributed by atoms with van der Waals surface area (Å²) in [5.41, 5.74) is 2.54. The summed E-state index contributed by atoms with van der Waals surface area (Å²) in [6, 6.07) is 14.7. The Bertz CT molecular complexity index is 972. The number of amides is 1. The highest BCUT2D eigenvalue weighted by molar-refractivity contribution is 5.94. The number of hydrogen-bond donors (Lipinski definition) is 1. The van der Waals surface area contributed by atoms with Crippen LogP contribution in [0.1, 0.15) is 54.4 Å². The largest absolute Gasteiger partial charge is 0.494 e. The summed E-state index contributed by atoms with van der Waals surface area (Å²) in [4.78, 5) is 23.5. The fourth-order valence-corrected chi connectivity index (χ4v) is 3.19. The van der Waals surface area contributed by atoms with Gasteiger partial charge in [0.25, 0.3) is 0 Å². The number of rotatable bonds is 8. The van der Waals surface area contributed by atoms with Crippen LogP contribution in [0.25, 0.3) is 11.0 Å². The maximum Gasteiger partial charge on any atom is 0.220 e. The van der Waals surface area contributed by atoms with Crippen LogP contribution in [0.4, 0.5) is 0 Å². The van der Waals surface area contributed by atoms with Crippen LogP contribution in [-0.4, -0.2) is 18.3 Å². The van der Waals surface area contributed by atoms with Crippen molar-refractivity contribution in [1.29, 1.82) is 0 Å². The monoisotopic (exact) mass is 379 g/mol. The van der Waals surface area contributed by atoms with Crippen LogP contribution in [0.15, 0.2) is 52.9 Å². The van der Waals surface area contributed by atoms with Gasteiger partial charge in [-0.25, -0.2) is 0 Å². The van der Waals surface area contributed by atoms with Crippen LogP contribution < -0.4 is 10.1 Å². The molecule has 0 saturated heterocycles. The van der Waals surface area contributed by atoms with E-state index in [1.54, 1.807) is 24.3 Å². The fourth-order valence-electron chi connectivity index (χ4n) is 3.19. The third kappa shape index (κ3) is 4.60.